The Morgan fingerprint density at radius 2 is 1.78 bits per heavy atom. The highest BCUT2D eigenvalue weighted by Crippen LogP contribution is 2.38. The second-order valence-electron chi connectivity index (χ2n) is 8.61. The average molecular weight is 497 g/mol. The van der Waals surface area contributed by atoms with E-state index in [0.29, 0.717) is 28.2 Å². The van der Waals surface area contributed by atoms with Crippen molar-refractivity contribution in [1.82, 2.24) is 15.1 Å². The van der Waals surface area contributed by atoms with Crippen molar-refractivity contribution in [3.8, 4) is 22.5 Å². The third-order valence-corrected chi connectivity index (χ3v) is 6.09. The smallest absolute Gasteiger partial charge is 0.412 e. The zero-order chi connectivity index (χ0) is 25.9. The predicted octanol–water partition coefficient (Wildman–Crippen LogP) is 6.13. The number of aromatic amines is 1. The molecule has 1 unspecified atom stereocenters. The number of hydrogen-bond donors (Lipinski definition) is 3. The van der Waals surface area contributed by atoms with Crippen molar-refractivity contribution in [2.45, 2.75) is 26.4 Å². The quantitative estimate of drug-likeness (QED) is 0.247. The van der Waals surface area contributed by atoms with Gasteiger partial charge >= 0.3 is 12.1 Å². The Hall–Kier alpha value is -4.92. The summed E-state index contributed by atoms with van der Waals surface area (Å²) in [5, 5.41) is 15.9. The van der Waals surface area contributed by atoms with Crippen molar-refractivity contribution < 1.29 is 24.0 Å². The van der Waals surface area contributed by atoms with Gasteiger partial charge in [0.25, 0.3) is 0 Å². The molecule has 9 nitrogen and oxygen atoms in total. The van der Waals surface area contributed by atoms with Gasteiger partial charge in [-0.2, -0.15) is 0 Å². The van der Waals surface area contributed by atoms with Crippen LogP contribution in [0.1, 0.15) is 29.8 Å². The first-order valence-corrected chi connectivity index (χ1v) is 11.7. The number of imidazole rings is 1. The minimum Gasteiger partial charge on any atom is -0.481 e. The van der Waals surface area contributed by atoms with Gasteiger partial charge in [-0.1, -0.05) is 65.8 Å². The molecule has 1 atom stereocenters. The van der Waals surface area contributed by atoms with Crippen LogP contribution in [0.3, 0.4) is 0 Å². The topological polar surface area (TPSA) is 130 Å². The second kappa shape index (κ2) is 9.98. The van der Waals surface area contributed by atoms with Crippen molar-refractivity contribution in [2.24, 2.45) is 0 Å². The number of amides is 1. The van der Waals surface area contributed by atoms with Crippen LogP contribution in [0, 0.1) is 6.92 Å². The Kier molecular flexibility index (Phi) is 6.42. The number of hydrogen-bond acceptors (Lipinski definition) is 6. The maximum atomic E-state index is 12.7. The minimum absolute atomic E-state index is 0.0358. The fraction of sp³-hybridized carbons (Fsp3) is 0.143. The molecule has 0 saturated heterocycles. The monoisotopic (exact) mass is 496 g/mol. The molecule has 3 N–H and O–H groups in total. The van der Waals surface area contributed by atoms with Gasteiger partial charge in [0.15, 0.2) is 5.76 Å². The molecule has 37 heavy (non-hydrogen) atoms. The first-order valence-electron chi connectivity index (χ1n) is 11.7. The Balaban J connectivity index is 1.43. The number of carbonyl (C=O) groups is 2. The zero-order valence-electron chi connectivity index (χ0n) is 20.2. The van der Waals surface area contributed by atoms with Crippen molar-refractivity contribution in [3.63, 3.8) is 0 Å². The van der Waals surface area contributed by atoms with Crippen LogP contribution >= 0.6 is 0 Å². The van der Waals surface area contributed by atoms with Crippen LogP contribution < -0.4 is 5.32 Å². The van der Waals surface area contributed by atoms with Gasteiger partial charge in [-0.25, -0.2) is 9.78 Å². The third-order valence-electron chi connectivity index (χ3n) is 6.09. The lowest BCUT2D eigenvalue weighted by molar-refractivity contribution is -0.136. The van der Waals surface area contributed by atoms with E-state index in [0.717, 1.165) is 27.8 Å². The van der Waals surface area contributed by atoms with E-state index in [1.807, 2.05) is 54.6 Å². The van der Waals surface area contributed by atoms with Crippen LogP contribution in [0.25, 0.3) is 33.5 Å². The molecule has 5 rings (SSSR count). The molecule has 3 aromatic carbocycles. The number of rotatable bonds is 7. The van der Waals surface area contributed by atoms with E-state index in [2.05, 4.69) is 20.4 Å². The van der Waals surface area contributed by atoms with Gasteiger partial charge in [0.2, 0.25) is 0 Å². The summed E-state index contributed by atoms with van der Waals surface area (Å²) in [6, 6.07) is 20.6. The largest absolute Gasteiger partial charge is 0.481 e. The molecule has 0 aliphatic rings. The summed E-state index contributed by atoms with van der Waals surface area (Å²) in [6.07, 6.45) is 0.485. The molecule has 0 bridgehead atoms. The van der Waals surface area contributed by atoms with Crippen LogP contribution in [0.2, 0.25) is 0 Å². The molecule has 0 saturated carbocycles. The van der Waals surface area contributed by atoms with E-state index in [-0.39, 0.29) is 6.42 Å². The van der Waals surface area contributed by atoms with Crippen molar-refractivity contribution in [2.75, 3.05) is 5.32 Å². The molecule has 0 aliphatic heterocycles. The van der Waals surface area contributed by atoms with E-state index >= 15 is 0 Å². The van der Waals surface area contributed by atoms with Crippen LogP contribution in [-0.4, -0.2) is 32.3 Å². The number of aromatic nitrogens is 3. The average Bonchev–Trinajstić information content (AvgIpc) is 3.52. The van der Waals surface area contributed by atoms with E-state index < -0.39 is 18.2 Å². The second-order valence-corrected chi connectivity index (χ2v) is 8.61. The number of H-pyrrole nitrogens is 1. The van der Waals surface area contributed by atoms with Crippen molar-refractivity contribution in [1.29, 1.82) is 0 Å². The minimum atomic E-state index is -0.877. The molecule has 0 fully saturated rings. The highest BCUT2D eigenvalue weighted by Gasteiger charge is 2.23. The Bertz CT molecular complexity index is 1570. The predicted molar refractivity (Wildman–Crippen MR) is 138 cm³/mol. The van der Waals surface area contributed by atoms with Crippen molar-refractivity contribution in [3.05, 3.63) is 89.9 Å². The van der Waals surface area contributed by atoms with Gasteiger partial charge in [0, 0.05) is 5.56 Å². The first kappa shape index (κ1) is 23.8. The fourth-order valence-electron chi connectivity index (χ4n) is 4.22. The Labute approximate surface area is 212 Å². The van der Waals surface area contributed by atoms with Crippen LogP contribution in [-0.2, 0) is 16.0 Å². The van der Waals surface area contributed by atoms with Crippen LogP contribution in [0.5, 0.6) is 0 Å². The zero-order valence-corrected chi connectivity index (χ0v) is 20.2. The summed E-state index contributed by atoms with van der Waals surface area (Å²) < 4.78 is 11.2. The lowest BCUT2D eigenvalue weighted by atomic mass is 9.98. The lowest BCUT2D eigenvalue weighted by Gasteiger charge is -2.14. The number of carboxylic acids is 1. The molecule has 0 spiro atoms. The lowest BCUT2D eigenvalue weighted by Crippen LogP contribution is -2.16. The highest BCUT2D eigenvalue weighted by atomic mass is 16.6. The van der Waals surface area contributed by atoms with Gasteiger partial charge in [-0.15, -0.1) is 0 Å². The van der Waals surface area contributed by atoms with Gasteiger partial charge < -0.3 is 19.4 Å². The van der Waals surface area contributed by atoms with E-state index in [4.69, 9.17) is 14.4 Å². The first-order chi connectivity index (χ1) is 17.9. The normalized spacial score (nSPS) is 11.8. The van der Waals surface area contributed by atoms with Gasteiger partial charge in [0.05, 0.1) is 23.8 Å². The maximum absolute atomic E-state index is 12.7. The number of anilines is 1. The van der Waals surface area contributed by atoms with E-state index in [1.54, 1.807) is 32.3 Å². The Morgan fingerprint density at radius 1 is 1.05 bits per heavy atom. The number of ether oxygens (including phenoxy) is 1. The van der Waals surface area contributed by atoms with E-state index in [1.165, 1.54) is 0 Å². The molecule has 9 heteroatoms. The highest BCUT2D eigenvalue weighted by molar-refractivity contribution is 6.03. The molecule has 186 valence electrons. The number of fused-ring (bicyclic) bond motifs is 1. The molecular weight excluding hydrogens is 472 g/mol. The summed E-state index contributed by atoms with van der Waals surface area (Å²) in [7, 11) is 0. The SMILES string of the molecule is Cc1noc(-c2ccc(-c3ccc(CC(=O)O)cc3)c3[nH]cnc23)c1NC(=O)OC(C)c1ccccc1. The summed E-state index contributed by atoms with van der Waals surface area (Å²) >= 11 is 0. The van der Waals surface area contributed by atoms with Crippen LogP contribution in [0.4, 0.5) is 10.5 Å². The van der Waals surface area contributed by atoms with Gasteiger partial charge in [-0.05, 0) is 36.6 Å². The molecule has 0 aliphatic carbocycles. The number of aliphatic carboxylic acids is 1. The van der Waals surface area contributed by atoms with Gasteiger partial charge in [-0.3, -0.25) is 10.1 Å². The van der Waals surface area contributed by atoms with Crippen molar-refractivity contribution >= 4 is 28.8 Å². The standard InChI is InChI=1S/C28H24N4O5/c1-16-24(31-28(35)36-17(2)19-6-4-3-5-7-19)27(37-32-16)22-13-12-21(25-26(22)30-15-29-25)20-10-8-18(9-11-20)14-23(33)34/h3-13,15,17H,14H2,1-2H3,(H,29,30)(H,31,35)(H,33,34). The number of aryl methyl sites for hydroxylation is 1. The number of nitrogens with zero attached hydrogens (tertiary/aromatic N) is 2. The van der Waals surface area contributed by atoms with Crippen LogP contribution in [0.15, 0.2) is 77.6 Å². The van der Waals surface area contributed by atoms with Gasteiger partial charge in [0.1, 0.15) is 23.0 Å². The number of carboxylic acid groups (broad SMARTS) is 1. The number of carbonyl (C=O) groups excluding carboxylic acids is 1. The number of nitrogens with one attached hydrogen (secondary N) is 2. The summed E-state index contributed by atoms with van der Waals surface area (Å²) in [5.74, 6) is -0.513. The molecule has 0 radical (unpaired) electrons. The summed E-state index contributed by atoms with van der Waals surface area (Å²) in [6.45, 7) is 3.54. The molecule has 1 amide bonds. The Morgan fingerprint density at radius 3 is 2.51 bits per heavy atom. The molecule has 2 heterocycles. The van der Waals surface area contributed by atoms with E-state index in [9.17, 15) is 9.59 Å². The molecule has 5 aromatic rings. The summed E-state index contributed by atoms with van der Waals surface area (Å²) in [5.41, 5.74) is 6.34. The summed E-state index contributed by atoms with van der Waals surface area (Å²) in [4.78, 5) is 31.4. The number of benzene rings is 3. The maximum Gasteiger partial charge on any atom is 0.412 e. The molecular formula is C28H24N4O5. The molecule has 2 aromatic heterocycles. The third kappa shape index (κ3) is 4.92. The fourth-order valence-corrected chi connectivity index (χ4v) is 4.22.